The van der Waals surface area contributed by atoms with E-state index in [1.165, 1.54) is 0 Å². The first-order chi connectivity index (χ1) is 12.7. The molecule has 0 unspecified atom stereocenters. The lowest BCUT2D eigenvalue weighted by Crippen LogP contribution is -2.32. The Kier molecular flexibility index (Phi) is 5.58. The molecule has 7 nitrogen and oxygen atoms in total. The van der Waals surface area contributed by atoms with Gasteiger partial charge in [0, 0.05) is 31.8 Å². The number of nitrogens with zero attached hydrogens (tertiary/aromatic N) is 2. The first-order valence-electron chi connectivity index (χ1n) is 8.37. The van der Waals surface area contributed by atoms with Crippen LogP contribution in [0.15, 0.2) is 47.5 Å². The van der Waals surface area contributed by atoms with Crippen molar-refractivity contribution in [3.63, 3.8) is 0 Å². The number of guanidine groups is 1. The number of anilines is 1. The molecule has 0 aliphatic carbocycles. The molecular formula is C19H23N5O2. The molecule has 136 valence electrons. The van der Waals surface area contributed by atoms with Crippen molar-refractivity contribution in [2.24, 2.45) is 4.99 Å². The number of H-pyrrole nitrogens is 1. The molecule has 0 saturated carbocycles. The van der Waals surface area contributed by atoms with Crippen molar-refractivity contribution in [3.8, 4) is 11.5 Å². The minimum absolute atomic E-state index is 0.662. The largest absolute Gasteiger partial charge is 0.493 e. The van der Waals surface area contributed by atoms with Gasteiger partial charge >= 0.3 is 0 Å². The maximum Gasteiger partial charge on any atom is 0.195 e. The van der Waals surface area contributed by atoms with Crippen molar-refractivity contribution in [2.45, 2.75) is 6.42 Å². The number of rotatable bonds is 6. The van der Waals surface area contributed by atoms with Gasteiger partial charge in [-0.1, -0.05) is 12.1 Å². The Morgan fingerprint density at radius 2 is 1.92 bits per heavy atom. The van der Waals surface area contributed by atoms with Crippen molar-refractivity contribution in [2.75, 3.05) is 33.1 Å². The zero-order valence-corrected chi connectivity index (χ0v) is 15.2. The lowest BCUT2D eigenvalue weighted by Gasteiger charge is -2.13. The van der Waals surface area contributed by atoms with E-state index < -0.39 is 0 Å². The van der Waals surface area contributed by atoms with Crippen LogP contribution >= 0.6 is 0 Å². The van der Waals surface area contributed by atoms with Gasteiger partial charge in [-0.3, -0.25) is 4.99 Å². The molecule has 0 radical (unpaired) electrons. The molecule has 26 heavy (non-hydrogen) atoms. The lowest BCUT2D eigenvalue weighted by atomic mass is 10.2. The zero-order valence-electron chi connectivity index (χ0n) is 15.2. The van der Waals surface area contributed by atoms with Crippen molar-refractivity contribution >= 4 is 22.7 Å². The second-order valence-electron chi connectivity index (χ2n) is 5.64. The van der Waals surface area contributed by atoms with Crippen LogP contribution in [0.3, 0.4) is 0 Å². The van der Waals surface area contributed by atoms with Crippen molar-refractivity contribution in [1.82, 2.24) is 15.3 Å². The van der Waals surface area contributed by atoms with E-state index in [1.807, 2.05) is 42.5 Å². The number of ether oxygens (including phenoxy) is 2. The smallest absolute Gasteiger partial charge is 0.195 e. The minimum atomic E-state index is 0.662. The molecular weight excluding hydrogens is 330 g/mol. The Bertz CT molecular complexity index is 871. The molecule has 0 bridgehead atoms. The number of para-hydroxylation sites is 2. The number of benzene rings is 2. The van der Waals surface area contributed by atoms with Gasteiger partial charge in [-0.2, -0.15) is 0 Å². The number of methoxy groups -OCH3 is 2. The number of fused-ring (bicyclic) bond motifs is 1. The summed E-state index contributed by atoms with van der Waals surface area (Å²) in [5.74, 6) is 2.97. The van der Waals surface area contributed by atoms with Crippen LogP contribution < -0.4 is 20.1 Å². The van der Waals surface area contributed by atoms with Gasteiger partial charge in [0.05, 0.1) is 25.3 Å². The quantitative estimate of drug-likeness (QED) is 0.469. The standard InChI is InChI=1S/C19H23N5O2/c1-20-19(22-13-8-9-16(25-2)17(12-13)26-3)21-11-10-18-23-14-6-4-5-7-15(14)24-18/h4-9,12H,10-11H2,1-3H3,(H,23,24)(H2,20,21,22). The van der Waals surface area contributed by atoms with Gasteiger partial charge in [0.1, 0.15) is 5.82 Å². The summed E-state index contributed by atoms with van der Waals surface area (Å²) >= 11 is 0. The molecule has 0 aliphatic heterocycles. The van der Waals surface area contributed by atoms with Gasteiger partial charge in [-0.15, -0.1) is 0 Å². The van der Waals surface area contributed by atoms with E-state index in [0.717, 1.165) is 29.0 Å². The SMILES string of the molecule is CN=C(NCCc1nc2ccccc2[nH]1)Nc1ccc(OC)c(OC)c1. The number of hydrogen-bond donors (Lipinski definition) is 3. The molecule has 3 N–H and O–H groups in total. The first kappa shape index (κ1) is 17.6. The van der Waals surface area contributed by atoms with Crippen molar-refractivity contribution < 1.29 is 9.47 Å². The number of aliphatic imine (C=N–C) groups is 1. The molecule has 0 saturated heterocycles. The Labute approximate surface area is 152 Å². The number of nitrogens with one attached hydrogen (secondary N) is 3. The van der Waals surface area contributed by atoms with Crippen LogP contribution in [-0.2, 0) is 6.42 Å². The summed E-state index contributed by atoms with van der Waals surface area (Å²) in [5, 5.41) is 6.52. The summed E-state index contributed by atoms with van der Waals surface area (Å²) in [7, 11) is 4.96. The lowest BCUT2D eigenvalue weighted by molar-refractivity contribution is 0.355. The van der Waals surface area contributed by atoms with E-state index in [-0.39, 0.29) is 0 Å². The average molecular weight is 353 g/mol. The fourth-order valence-corrected chi connectivity index (χ4v) is 2.65. The van der Waals surface area contributed by atoms with Crippen molar-refractivity contribution in [3.05, 3.63) is 48.3 Å². The summed E-state index contributed by atoms with van der Waals surface area (Å²) in [4.78, 5) is 12.1. The molecule has 0 amide bonds. The second kappa shape index (κ2) is 8.24. The van der Waals surface area contributed by atoms with E-state index in [1.54, 1.807) is 21.3 Å². The van der Waals surface area contributed by atoms with E-state index in [0.29, 0.717) is 24.0 Å². The predicted octanol–water partition coefficient (Wildman–Crippen LogP) is 2.81. The Hall–Kier alpha value is -3.22. The predicted molar refractivity (Wildman–Crippen MR) is 104 cm³/mol. The van der Waals surface area contributed by atoms with Gasteiger partial charge < -0.3 is 25.1 Å². The highest BCUT2D eigenvalue weighted by Crippen LogP contribution is 2.29. The van der Waals surface area contributed by atoms with Crippen LogP contribution in [0, 0.1) is 0 Å². The van der Waals surface area contributed by atoms with E-state index in [2.05, 4.69) is 25.6 Å². The second-order valence-corrected chi connectivity index (χ2v) is 5.64. The van der Waals surface area contributed by atoms with Crippen LogP contribution in [0.1, 0.15) is 5.82 Å². The van der Waals surface area contributed by atoms with E-state index in [9.17, 15) is 0 Å². The van der Waals surface area contributed by atoms with Crippen LogP contribution in [0.5, 0.6) is 11.5 Å². The molecule has 3 rings (SSSR count). The monoisotopic (exact) mass is 353 g/mol. The summed E-state index contributed by atoms with van der Waals surface area (Å²) in [6, 6.07) is 13.6. The van der Waals surface area contributed by atoms with Gasteiger partial charge in [-0.05, 0) is 24.3 Å². The molecule has 0 aliphatic rings. The van der Waals surface area contributed by atoms with E-state index >= 15 is 0 Å². The molecule has 1 aromatic heterocycles. The fourth-order valence-electron chi connectivity index (χ4n) is 2.65. The molecule has 0 fully saturated rings. The highest BCUT2D eigenvalue weighted by molar-refractivity contribution is 5.93. The van der Waals surface area contributed by atoms with Crippen molar-refractivity contribution in [1.29, 1.82) is 0 Å². The summed E-state index contributed by atoms with van der Waals surface area (Å²) in [5.41, 5.74) is 2.89. The molecule has 3 aromatic rings. The highest BCUT2D eigenvalue weighted by atomic mass is 16.5. The molecule has 0 atom stereocenters. The maximum absolute atomic E-state index is 5.32. The number of hydrogen-bond acceptors (Lipinski definition) is 4. The Morgan fingerprint density at radius 3 is 2.65 bits per heavy atom. The van der Waals surface area contributed by atoms with Crippen LogP contribution in [0.25, 0.3) is 11.0 Å². The highest BCUT2D eigenvalue weighted by Gasteiger charge is 2.07. The van der Waals surface area contributed by atoms with Crippen LogP contribution in [0.2, 0.25) is 0 Å². The molecule has 1 heterocycles. The number of aromatic nitrogens is 2. The Balaban J connectivity index is 1.58. The average Bonchev–Trinajstić information content (AvgIpc) is 3.09. The molecule has 7 heteroatoms. The summed E-state index contributed by atoms with van der Waals surface area (Å²) in [6.07, 6.45) is 0.765. The fraction of sp³-hybridized carbons (Fsp3) is 0.263. The molecule has 2 aromatic carbocycles. The van der Waals surface area contributed by atoms with Gasteiger partial charge in [0.15, 0.2) is 17.5 Å². The third-order valence-electron chi connectivity index (χ3n) is 3.96. The summed E-state index contributed by atoms with van der Waals surface area (Å²) < 4.78 is 10.6. The maximum atomic E-state index is 5.32. The van der Waals surface area contributed by atoms with E-state index in [4.69, 9.17) is 9.47 Å². The number of aromatic amines is 1. The normalized spacial score (nSPS) is 11.4. The van der Waals surface area contributed by atoms with Gasteiger partial charge in [0.25, 0.3) is 0 Å². The summed E-state index contributed by atoms with van der Waals surface area (Å²) in [6.45, 7) is 0.701. The minimum Gasteiger partial charge on any atom is -0.493 e. The third kappa shape index (κ3) is 4.05. The zero-order chi connectivity index (χ0) is 18.4. The Morgan fingerprint density at radius 1 is 1.12 bits per heavy atom. The van der Waals surface area contributed by atoms with Crippen LogP contribution in [0.4, 0.5) is 5.69 Å². The topological polar surface area (TPSA) is 83.6 Å². The third-order valence-corrected chi connectivity index (χ3v) is 3.96. The van der Waals surface area contributed by atoms with Gasteiger partial charge in [-0.25, -0.2) is 4.98 Å². The molecule has 0 spiro atoms. The van der Waals surface area contributed by atoms with Gasteiger partial charge in [0.2, 0.25) is 0 Å². The van der Waals surface area contributed by atoms with Crippen LogP contribution in [-0.4, -0.2) is 43.7 Å². The number of imidazole rings is 1. The first-order valence-corrected chi connectivity index (χ1v) is 8.37.